The van der Waals surface area contributed by atoms with E-state index in [1.165, 1.54) is 11.9 Å². The fraction of sp³-hybridized carbons (Fsp3) is 0.571. The number of carbonyl (C=O) groups is 2. The Kier molecular flexibility index (Phi) is 4.88. The highest BCUT2D eigenvalue weighted by Crippen LogP contribution is 2.17. The molecule has 0 bridgehead atoms. The average Bonchev–Trinajstić information content (AvgIpc) is 2.33. The predicted molar refractivity (Wildman–Crippen MR) is 77.5 cm³/mol. The zero-order valence-corrected chi connectivity index (χ0v) is 13.0. The van der Waals surface area contributed by atoms with Crippen LogP contribution in [0.15, 0.2) is 4.79 Å². The summed E-state index contributed by atoms with van der Waals surface area (Å²) in [5, 5.41) is 8.63. The Morgan fingerprint density at radius 3 is 2.33 bits per heavy atom. The summed E-state index contributed by atoms with van der Waals surface area (Å²) in [5.74, 6) is -1.01. The highest BCUT2D eigenvalue weighted by molar-refractivity contribution is 5.94. The van der Waals surface area contributed by atoms with Crippen molar-refractivity contribution < 1.29 is 14.7 Å². The number of rotatable bonds is 4. The summed E-state index contributed by atoms with van der Waals surface area (Å²) in [6, 6.07) is 0. The summed E-state index contributed by atoms with van der Waals surface area (Å²) < 4.78 is 0. The maximum absolute atomic E-state index is 12.2. The number of aliphatic carboxylic acids is 1. The van der Waals surface area contributed by atoms with E-state index in [4.69, 9.17) is 5.11 Å². The molecule has 0 radical (unpaired) electrons. The fourth-order valence-electron chi connectivity index (χ4n) is 1.75. The normalized spacial score (nSPS) is 11.3. The number of carboxylic acids is 1. The quantitative estimate of drug-likeness (QED) is 0.859. The molecule has 0 saturated heterocycles. The van der Waals surface area contributed by atoms with Crippen LogP contribution in [0, 0.1) is 6.92 Å². The first-order valence-electron chi connectivity index (χ1n) is 6.62. The van der Waals surface area contributed by atoms with E-state index in [0.29, 0.717) is 11.5 Å². The van der Waals surface area contributed by atoms with Gasteiger partial charge in [-0.15, -0.1) is 0 Å². The van der Waals surface area contributed by atoms with Crippen LogP contribution >= 0.6 is 0 Å². The van der Waals surface area contributed by atoms with Crippen LogP contribution in [0.3, 0.4) is 0 Å². The second kappa shape index (κ2) is 6.07. The Morgan fingerprint density at radius 2 is 1.90 bits per heavy atom. The molecule has 2 N–H and O–H groups in total. The van der Waals surface area contributed by atoms with E-state index in [1.54, 1.807) is 6.92 Å². The summed E-state index contributed by atoms with van der Waals surface area (Å²) >= 11 is 0. The number of hydrogen-bond donors (Lipinski definition) is 2. The largest absolute Gasteiger partial charge is 0.481 e. The number of nitrogens with zero attached hydrogens (tertiary/aromatic N) is 2. The molecular weight excluding hydrogens is 274 g/mol. The van der Waals surface area contributed by atoms with E-state index in [0.717, 1.165) is 0 Å². The summed E-state index contributed by atoms with van der Waals surface area (Å²) in [6.45, 7) is 7.36. The van der Waals surface area contributed by atoms with Crippen molar-refractivity contribution in [3.63, 3.8) is 0 Å². The van der Waals surface area contributed by atoms with Gasteiger partial charge >= 0.3 is 5.97 Å². The van der Waals surface area contributed by atoms with Crippen molar-refractivity contribution in [2.75, 3.05) is 13.6 Å². The molecule has 21 heavy (non-hydrogen) atoms. The Bertz CT molecular complexity index is 614. The van der Waals surface area contributed by atoms with E-state index >= 15 is 0 Å². The topological polar surface area (TPSA) is 103 Å². The number of aryl methyl sites for hydroxylation is 1. The van der Waals surface area contributed by atoms with Gasteiger partial charge in [0.1, 0.15) is 11.4 Å². The van der Waals surface area contributed by atoms with Gasteiger partial charge in [0, 0.05) is 19.0 Å². The molecule has 116 valence electrons. The molecule has 0 aromatic carbocycles. The van der Waals surface area contributed by atoms with Crippen molar-refractivity contribution >= 4 is 11.9 Å². The minimum absolute atomic E-state index is 0.0358. The van der Waals surface area contributed by atoms with Crippen LogP contribution in [0.1, 0.15) is 49.1 Å². The van der Waals surface area contributed by atoms with E-state index in [-0.39, 0.29) is 23.9 Å². The van der Waals surface area contributed by atoms with E-state index < -0.39 is 17.4 Å². The predicted octanol–water partition coefficient (Wildman–Crippen LogP) is 0.923. The molecule has 1 rings (SSSR count). The van der Waals surface area contributed by atoms with E-state index in [9.17, 15) is 14.4 Å². The SMILES string of the molecule is Cc1nc(C(C)(C)C)[nH]c(=O)c1C(=O)N(C)CCC(=O)O. The summed E-state index contributed by atoms with van der Waals surface area (Å²) in [5.41, 5.74) is -0.535. The number of aromatic amines is 1. The van der Waals surface area contributed by atoms with Crippen molar-refractivity contribution in [3.8, 4) is 0 Å². The van der Waals surface area contributed by atoms with Crippen LogP contribution in [-0.4, -0.2) is 45.4 Å². The van der Waals surface area contributed by atoms with Gasteiger partial charge in [0.2, 0.25) is 0 Å². The third-order valence-electron chi connectivity index (χ3n) is 3.03. The molecule has 0 aliphatic rings. The standard InChI is InChI=1S/C14H21N3O4/c1-8-10(12(21)17(5)7-6-9(18)19)11(20)16-13(15-8)14(2,3)4/h6-7H2,1-5H3,(H,18,19)(H,15,16,20). The molecule has 7 nitrogen and oxygen atoms in total. The molecule has 0 fully saturated rings. The van der Waals surface area contributed by atoms with Crippen LogP contribution in [0.4, 0.5) is 0 Å². The summed E-state index contributed by atoms with van der Waals surface area (Å²) in [4.78, 5) is 43.0. The first-order chi connectivity index (χ1) is 9.54. The molecular formula is C14H21N3O4. The van der Waals surface area contributed by atoms with E-state index in [1.807, 2.05) is 20.8 Å². The molecule has 1 amide bonds. The monoisotopic (exact) mass is 295 g/mol. The number of hydrogen-bond acceptors (Lipinski definition) is 4. The maximum Gasteiger partial charge on any atom is 0.305 e. The lowest BCUT2D eigenvalue weighted by atomic mass is 9.95. The Morgan fingerprint density at radius 1 is 1.33 bits per heavy atom. The Hall–Kier alpha value is -2.18. The van der Waals surface area contributed by atoms with Crippen molar-refractivity contribution in [3.05, 3.63) is 27.4 Å². The first kappa shape index (κ1) is 16.9. The number of nitrogens with one attached hydrogen (secondary N) is 1. The van der Waals surface area contributed by atoms with Gasteiger partial charge in [-0.2, -0.15) is 0 Å². The van der Waals surface area contributed by atoms with Gasteiger partial charge in [-0.25, -0.2) is 4.98 Å². The zero-order chi connectivity index (χ0) is 16.4. The molecule has 0 unspecified atom stereocenters. The van der Waals surface area contributed by atoms with Crippen molar-refractivity contribution in [2.45, 2.75) is 39.5 Å². The van der Waals surface area contributed by atoms with Gasteiger partial charge in [0.05, 0.1) is 12.1 Å². The van der Waals surface area contributed by atoms with Gasteiger partial charge in [-0.3, -0.25) is 14.4 Å². The Balaban J connectivity index is 3.12. The minimum atomic E-state index is -0.999. The van der Waals surface area contributed by atoms with E-state index in [2.05, 4.69) is 9.97 Å². The molecule has 1 heterocycles. The maximum atomic E-state index is 12.2. The second-order valence-corrected chi connectivity index (χ2v) is 6.00. The molecule has 0 aliphatic carbocycles. The number of aromatic nitrogens is 2. The first-order valence-corrected chi connectivity index (χ1v) is 6.62. The zero-order valence-electron chi connectivity index (χ0n) is 13.0. The van der Waals surface area contributed by atoms with Crippen LogP contribution in [0.25, 0.3) is 0 Å². The van der Waals surface area contributed by atoms with Gasteiger partial charge in [0.15, 0.2) is 0 Å². The van der Waals surface area contributed by atoms with Crippen LogP contribution in [-0.2, 0) is 10.2 Å². The number of amides is 1. The third kappa shape index (κ3) is 4.14. The van der Waals surface area contributed by atoms with Gasteiger partial charge in [-0.1, -0.05) is 20.8 Å². The smallest absolute Gasteiger partial charge is 0.305 e. The highest BCUT2D eigenvalue weighted by atomic mass is 16.4. The lowest BCUT2D eigenvalue weighted by molar-refractivity contribution is -0.137. The van der Waals surface area contributed by atoms with Crippen molar-refractivity contribution in [1.82, 2.24) is 14.9 Å². The molecule has 7 heteroatoms. The van der Waals surface area contributed by atoms with Gasteiger partial charge < -0.3 is 15.0 Å². The lowest BCUT2D eigenvalue weighted by Crippen LogP contribution is -2.36. The number of carbonyl (C=O) groups excluding carboxylic acids is 1. The van der Waals surface area contributed by atoms with Crippen molar-refractivity contribution in [2.24, 2.45) is 0 Å². The number of H-pyrrole nitrogens is 1. The van der Waals surface area contributed by atoms with Gasteiger partial charge in [-0.05, 0) is 6.92 Å². The lowest BCUT2D eigenvalue weighted by Gasteiger charge is -2.20. The van der Waals surface area contributed by atoms with Crippen molar-refractivity contribution in [1.29, 1.82) is 0 Å². The molecule has 0 atom stereocenters. The second-order valence-electron chi connectivity index (χ2n) is 6.00. The molecule has 1 aromatic heterocycles. The summed E-state index contributed by atoms with van der Waals surface area (Å²) in [7, 11) is 1.46. The molecule has 0 aliphatic heterocycles. The molecule has 0 spiro atoms. The Labute approximate surface area is 123 Å². The van der Waals surface area contributed by atoms with Crippen LogP contribution in [0.5, 0.6) is 0 Å². The minimum Gasteiger partial charge on any atom is -0.481 e. The van der Waals surface area contributed by atoms with Gasteiger partial charge in [0.25, 0.3) is 11.5 Å². The fourth-order valence-corrected chi connectivity index (χ4v) is 1.75. The third-order valence-corrected chi connectivity index (χ3v) is 3.03. The molecule has 1 aromatic rings. The average molecular weight is 295 g/mol. The number of carboxylic acid groups (broad SMARTS) is 1. The molecule has 0 saturated carbocycles. The highest BCUT2D eigenvalue weighted by Gasteiger charge is 2.24. The van der Waals surface area contributed by atoms with Crippen LogP contribution in [0.2, 0.25) is 0 Å². The van der Waals surface area contributed by atoms with Crippen LogP contribution < -0.4 is 5.56 Å². The summed E-state index contributed by atoms with van der Waals surface area (Å²) in [6.07, 6.45) is -0.174.